The first-order valence-electron chi connectivity index (χ1n) is 6.88. The molecule has 1 amide bonds. The summed E-state index contributed by atoms with van der Waals surface area (Å²) < 4.78 is 5.50. The average Bonchev–Trinajstić information content (AvgIpc) is 2.46. The van der Waals surface area contributed by atoms with E-state index in [0.717, 1.165) is 12.1 Å². The Morgan fingerprint density at radius 1 is 1.52 bits per heavy atom. The van der Waals surface area contributed by atoms with Crippen LogP contribution in [0.2, 0.25) is 0 Å². The minimum Gasteiger partial charge on any atom is -0.375 e. The Morgan fingerprint density at radius 3 is 2.95 bits per heavy atom. The largest absolute Gasteiger partial charge is 0.375 e. The van der Waals surface area contributed by atoms with Gasteiger partial charge in [0.2, 0.25) is 5.91 Å². The molecular weight excluding hydrogens is 308 g/mol. The lowest BCUT2D eigenvalue weighted by Crippen LogP contribution is -2.55. The molecule has 0 radical (unpaired) electrons. The summed E-state index contributed by atoms with van der Waals surface area (Å²) in [6.45, 7) is 5.95. The van der Waals surface area contributed by atoms with E-state index in [1.54, 1.807) is 11.8 Å². The highest BCUT2D eigenvalue weighted by atomic mass is 35.5. The molecule has 0 unspecified atom stereocenters. The van der Waals surface area contributed by atoms with Crippen molar-refractivity contribution in [3.05, 3.63) is 29.3 Å². The number of hydrogen-bond donors (Lipinski definition) is 2. The Labute approximate surface area is 136 Å². The molecule has 1 saturated heterocycles. The number of morpholine rings is 1. The number of carbonyl (C=O) groups is 1. The Hall–Kier alpha value is -0.750. The molecule has 1 heterocycles. The number of thioether (sulfide) groups is 1. The monoisotopic (exact) mass is 330 g/mol. The molecule has 1 fully saturated rings. The second-order valence-corrected chi connectivity index (χ2v) is 5.89. The summed E-state index contributed by atoms with van der Waals surface area (Å²) in [6.07, 6.45) is 1.97. The zero-order valence-electron chi connectivity index (χ0n) is 12.6. The minimum atomic E-state index is -0.257. The molecule has 0 spiro atoms. The van der Waals surface area contributed by atoms with Crippen molar-refractivity contribution >= 4 is 30.1 Å². The quantitative estimate of drug-likeness (QED) is 0.830. The first-order chi connectivity index (χ1) is 9.61. The summed E-state index contributed by atoms with van der Waals surface area (Å²) >= 11 is 1.71. The van der Waals surface area contributed by atoms with Crippen molar-refractivity contribution in [3.8, 4) is 0 Å². The lowest BCUT2D eigenvalue weighted by Gasteiger charge is -2.29. The predicted molar refractivity (Wildman–Crippen MR) is 89.3 cm³/mol. The third-order valence-electron chi connectivity index (χ3n) is 3.49. The van der Waals surface area contributed by atoms with E-state index < -0.39 is 0 Å². The zero-order chi connectivity index (χ0) is 14.5. The van der Waals surface area contributed by atoms with Crippen molar-refractivity contribution in [2.24, 2.45) is 0 Å². The highest BCUT2D eigenvalue weighted by Gasteiger charge is 2.27. The lowest BCUT2D eigenvalue weighted by atomic mass is 10.1. The van der Waals surface area contributed by atoms with E-state index in [1.165, 1.54) is 10.5 Å². The number of benzene rings is 1. The molecule has 0 bridgehead atoms. The van der Waals surface area contributed by atoms with Crippen LogP contribution in [0.1, 0.15) is 18.1 Å². The fourth-order valence-corrected chi connectivity index (χ4v) is 3.02. The first kappa shape index (κ1) is 18.3. The number of ether oxygens (including phenoxy) is 1. The van der Waals surface area contributed by atoms with E-state index in [0.29, 0.717) is 13.2 Å². The summed E-state index contributed by atoms with van der Waals surface area (Å²) in [5.74, 6) is 0.00447. The van der Waals surface area contributed by atoms with Crippen molar-refractivity contribution in [2.45, 2.75) is 37.4 Å². The topological polar surface area (TPSA) is 50.4 Å². The standard InChI is InChI=1S/C15H22N2O2S.ClH/c1-10-4-5-12(13(8-10)20-3)9-17-15(18)14-11(2)19-7-6-16-14;/h4-5,8,11,14,16H,6-7,9H2,1-3H3,(H,17,18);1H/t11-,14+;/m1./s1. The van der Waals surface area contributed by atoms with Gasteiger partial charge in [-0.25, -0.2) is 0 Å². The summed E-state index contributed by atoms with van der Waals surface area (Å²) in [5.41, 5.74) is 2.39. The number of carbonyl (C=O) groups excluding carboxylic acids is 1. The number of halogens is 1. The van der Waals surface area contributed by atoms with E-state index in [9.17, 15) is 4.79 Å². The van der Waals surface area contributed by atoms with Gasteiger partial charge >= 0.3 is 0 Å². The van der Waals surface area contributed by atoms with Crippen LogP contribution in [0.15, 0.2) is 23.1 Å². The molecule has 21 heavy (non-hydrogen) atoms. The van der Waals surface area contributed by atoms with Crippen molar-refractivity contribution < 1.29 is 9.53 Å². The van der Waals surface area contributed by atoms with E-state index in [2.05, 4.69) is 42.0 Å². The molecular formula is C15H23ClN2O2S. The highest BCUT2D eigenvalue weighted by Crippen LogP contribution is 2.21. The minimum absolute atomic E-state index is 0. The van der Waals surface area contributed by atoms with Crippen LogP contribution in [0.3, 0.4) is 0 Å². The average molecular weight is 331 g/mol. The fourth-order valence-electron chi connectivity index (χ4n) is 2.32. The second-order valence-electron chi connectivity index (χ2n) is 5.04. The lowest BCUT2D eigenvalue weighted by molar-refractivity contribution is -0.129. The van der Waals surface area contributed by atoms with Gasteiger partial charge in [0.25, 0.3) is 0 Å². The third-order valence-corrected chi connectivity index (χ3v) is 4.31. The zero-order valence-corrected chi connectivity index (χ0v) is 14.3. The predicted octanol–water partition coefficient (Wildman–Crippen LogP) is 2.13. The van der Waals surface area contributed by atoms with Gasteiger partial charge in [0.05, 0.1) is 12.7 Å². The van der Waals surface area contributed by atoms with Gasteiger partial charge in [-0.1, -0.05) is 12.1 Å². The molecule has 1 aromatic rings. The molecule has 4 nitrogen and oxygen atoms in total. The molecule has 1 aromatic carbocycles. The fraction of sp³-hybridized carbons (Fsp3) is 0.533. The maximum Gasteiger partial charge on any atom is 0.240 e. The number of nitrogens with one attached hydrogen (secondary N) is 2. The summed E-state index contributed by atoms with van der Waals surface area (Å²) in [7, 11) is 0. The van der Waals surface area contributed by atoms with Gasteiger partial charge < -0.3 is 15.4 Å². The summed E-state index contributed by atoms with van der Waals surface area (Å²) in [4.78, 5) is 13.4. The van der Waals surface area contributed by atoms with Gasteiger partial charge in [-0.05, 0) is 37.3 Å². The van der Waals surface area contributed by atoms with E-state index in [-0.39, 0.29) is 30.5 Å². The Balaban J connectivity index is 0.00000220. The molecule has 0 saturated carbocycles. The Morgan fingerprint density at radius 2 is 2.29 bits per heavy atom. The molecule has 118 valence electrons. The number of aryl methyl sites for hydroxylation is 1. The maximum absolute atomic E-state index is 12.2. The molecule has 2 rings (SSSR count). The second kappa shape index (κ2) is 8.63. The number of hydrogen-bond acceptors (Lipinski definition) is 4. The van der Waals surface area contributed by atoms with Crippen LogP contribution in [-0.4, -0.2) is 37.5 Å². The molecule has 2 N–H and O–H groups in total. The van der Waals surface area contributed by atoms with Crippen molar-refractivity contribution in [1.82, 2.24) is 10.6 Å². The number of rotatable bonds is 4. The van der Waals surface area contributed by atoms with Crippen LogP contribution < -0.4 is 10.6 Å². The van der Waals surface area contributed by atoms with Crippen LogP contribution in [0.25, 0.3) is 0 Å². The smallest absolute Gasteiger partial charge is 0.240 e. The first-order valence-corrected chi connectivity index (χ1v) is 8.10. The third kappa shape index (κ3) is 4.88. The SMILES string of the molecule is CSc1cc(C)ccc1CNC(=O)[C@H]1NCCO[C@@H]1C.Cl. The van der Waals surface area contributed by atoms with Crippen LogP contribution in [-0.2, 0) is 16.1 Å². The molecule has 0 aliphatic carbocycles. The van der Waals surface area contributed by atoms with Gasteiger partial charge in [0.1, 0.15) is 6.04 Å². The van der Waals surface area contributed by atoms with E-state index >= 15 is 0 Å². The van der Waals surface area contributed by atoms with Gasteiger partial charge in [-0.3, -0.25) is 4.79 Å². The van der Waals surface area contributed by atoms with Gasteiger partial charge in [0.15, 0.2) is 0 Å². The van der Waals surface area contributed by atoms with Crippen LogP contribution in [0.4, 0.5) is 0 Å². The maximum atomic E-state index is 12.2. The van der Waals surface area contributed by atoms with Crippen molar-refractivity contribution in [1.29, 1.82) is 0 Å². The molecule has 2 atom stereocenters. The molecule has 1 aliphatic heterocycles. The summed E-state index contributed by atoms with van der Waals surface area (Å²) in [6, 6.07) is 6.05. The van der Waals surface area contributed by atoms with Crippen LogP contribution >= 0.6 is 24.2 Å². The highest BCUT2D eigenvalue weighted by molar-refractivity contribution is 7.98. The Bertz CT molecular complexity index is 485. The summed E-state index contributed by atoms with van der Waals surface area (Å²) in [5, 5.41) is 6.20. The van der Waals surface area contributed by atoms with Crippen LogP contribution in [0, 0.1) is 6.92 Å². The van der Waals surface area contributed by atoms with Gasteiger partial charge in [-0.2, -0.15) is 0 Å². The normalized spacial score (nSPS) is 21.5. The Kier molecular flexibility index (Phi) is 7.52. The van der Waals surface area contributed by atoms with Gasteiger partial charge in [0, 0.05) is 18.0 Å². The molecule has 0 aromatic heterocycles. The van der Waals surface area contributed by atoms with E-state index in [1.807, 2.05) is 6.92 Å². The molecule has 6 heteroatoms. The van der Waals surface area contributed by atoms with Crippen LogP contribution in [0.5, 0.6) is 0 Å². The van der Waals surface area contributed by atoms with Crippen molar-refractivity contribution in [3.63, 3.8) is 0 Å². The van der Waals surface area contributed by atoms with Crippen molar-refractivity contribution in [2.75, 3.05) is 19.4 Å². The molecule has 1 aliphatic rings. The van der Waals surface area contributed by atoms with Gasteiger partial charge in [-0.15, -0.1) is 24.2 Å². The van der Waals surface area contributed by atoms with E-state index in [4.69, 9.17) is 4.74 Å². The number of amides is 1.